The first kappa shape index (κ1) is 15.1. The fourth-order valence-electron chi connectivity index (χ4n) is 1.92. The van der Waals surface area contributed by atoms with Gasteiger partial charge in [0.05, 0.1) is 11.4 Å². The van der Waals surface area contributed by atoms with Crippen LogP contribution in [0.4, 0.5) is 5.13 Å². The summed E-state index contributed by atoms with van der Waals surface area (Å²) in [7, 11) is 0. The topological polar surface area (TPSA) is 63.8 Å². The fourth-order valence-corrected chi connectivity index (χ4v) is 3.57. The summed E-state index contributed by atoms with van der Waals surface area (Å²) in [5, 5.41) is 16.4. The molecule has 22 heavy (non-hydrogen) atoms. The Morgan fingerprint density at radius 3 is 2.86 bits per heavy atom. The third kappa shape index (κ3) is 4.32. The molecular formula is C15H16N4OS2. The zero-order valence-electron chi connectivity index (χ0n) is 12.2. The molecule has 0 aliphatic rings. The molecule has 7 heteroatoms. The van der Waals surface area contributed by atoms with Crippen LogP contribution in [-0.4, -0.2) is 21.9 Å². The SMILES string of the molecule is Cc1cc(CSc2nnc(NCCc3ccccc3)s2)on1. The summed E-state index contributed by atoms with van der Waals surface area (Å²) in [5.74, 6) is 1.58. The highest BCUT2D eigenvalue weighted by Crippen LogP contribution is 2.28. The summed E-state index contributed by atoms with van der Waals surface area (Å²) in [5.41, 5.74) is 2.21. The summed E-state index contributed by atoms with van der Waals surface area (Å²) in [4.78, 5) is 0. The van der Waals surface area contributed by atoms with Crippen LogP contribution in [0.5, 0.6) is 0 Å². The van der Waals surface area contributed by atoms with E-state index >= 15 is 0 Å². The molecule has 0 atom stereocenters. The molecule has 0 aliphatic heterocycles. The third-order valence-electron chi connectivity index (χ3n) is 2.95. The van der Waals surface area contributed by atoms with Crippen molar-refractivity contribution in [1.29, 1.82) is 0 Å². The second-order valence-corrected chi connectivity index (χ2v) is 6.96. The third-order valence-corrected chi connectivity index (χ3v) is 4.99. The monoisotopic (exact) mass is 332 g/mol. The van der Waals surface area contributed by atoms with E-state index in [0.717, 1.165) is 39.6 Å². The van der Waals surface area contributed by atoms with Crippen molar-refractivity contribution in [2.75, 3.05) is 11.9 Å². The number of anilines is 1. The van der Waals surface area contributed by atoms with Gasteiger partial charge in [0.2, 0.25) is 5.13 Å². The molecule has 2 aromatic heterocycles. The number of hydrogen-bond donors (Lipinski definition) is 1. The molecular weight excluding hydrogens is 316 g/mol. The Hall–Kier alpha value is -1.86. The van der Waals surface area contributed by atoms with Gasteiger partial charge in [0.25, 0.3) is 0 Å². The maximum atomic E-state index is 5.18. The van der Waals surface area contributed by atoms with Crippen LogP contribution in [0.2, 0.25) is 0 Å². The van der Waals surface area contributed by atoms with E-state index < -0.39 is 0 Å². The van der Waals surface area contributed by atoms with E-state index in [1.54, 1.807) is 23.1 Å². The van der Waals surface area contributed by atoms with Gasteiger partial charge in [0.15, 0.2) is 4.34 Å². The minimum atomic E-state index is 0.722. The quantitative estimate of drug-likeness (QED) is 0.664. The smallest absolute Gasteiger partial charge is 0.206 e. The van der Waals surface area contributed by atoms with Gasteiger partial charge in [-0.2, -0.15) is 0 Å². The average molecular weight is 332 g/mol. The highest BCUT2D eigenvalue weighted by Gasteiger charge is 2.07. The highest BCUT2D eigenvalue weighted by atomic mass is 32.2. The van der Waals surface area contributed by atoms with Crippen molar-refractivity contribution in [3.05, 3.63) is 53.4 Å². The van der Waals surface area contributed by atoms with E-state index in [4.69, 9.17) is 4.52 Å². The van der Waals surface area contributed by atoms with Gasteiger partial charge in [-0.3, -0.25) is 0 Å². The van der Waals surface area contributed by atoms with Crippen LogP contribution in [0.1, 0.15) is 17.0 Å². The first-order valence-electron chi connectivity index (χ1n) is 6.96. The molecule has 0 spiro atoms. The lowest BCUT2D eigenvalue weighted by molar-refractivity contribution is 0.391. The van der Waals surface area contributed by atoms with Gasteiger partial charge in [-0.25, -0.2) is 0 Å². The Morgan fingerprint density at radius 2 is 2.09 bits per heavy atom. The lowest BCUT2D eigenvalue weighted by atomic mass is 10.2. The number of nitrogens with one attached hydrogen (secondary N) is 1. The second kappa shape index (κ2) is 7.42. The lowest BCUT2D eigenvalue weighted by Crippen LogP contribution is -2.04. The van der Waals surface area contributed by atoms with E-state index in [0.29, 0.717) is 0 Å². The lowest BCUT2D eigenvalue weighted by Gasteiger charge is -2.01. The fraction of sp³-hybridized carbons (Fsp3) is 0.267. The van der Waals surface area contributed by atoms with Crippen molar-refractivity contribution in [3.63, 3.8) is 0 Å². The van der Waals surface area contributed by atoms with Crippen LogP contribution in [0, 0.1) is 6.92 Å². The van der Waals surface area contributed by atoms with Crippen molar-refractivity contribution in [2.24, 2.45) is 0 Å². The number of benzene rings is 1. The molecule has 3 rings (SSSR count). The van der Waals surface area contributed by atoms with Crippen LogP contribution >= 0.6 is 23.1 Å². The molecule has 5 nitrogen and oxygen atoms in total. The Balaban J connectivity index is 1.45. The molecule has 0 radical (unpaired) electrons. The van der Waals surface area contributed by atoms with E-state index in [-0.39, 0.29) is 0 Å². The minimum Gasteiger partial charge on any atom is -0.360 e. The van der Waals surface area contributed by atoms with Crippen LogP contribution < -0.4 is 5.32 Å². The van der Waals surface area contributed by atoms with Gasteiger partial charge < -0.3 is 9.84 Å². The molecule has 0 saturated heterocycles. The van der Waals surface area contributed by atoms with Crippen molar-refractivity contribution in [2.45, 2.75) is 23.4 Å². The summed E-state index contributed by atoms with van der Waals surface area (Å²) in [6.07, 6.45) is 0.972. The van der Waals surface area contributed by atoms with E-state index in [2.05, 4.69) is 44.9 Å². The minimum absolute atomic E-state index is 0.722. The van der Waals surface area contributed by atoms with Crippen LogP contribution in [0.25, 0.3) is 0 Å². The maximum Gasteiger partial charge on any atom is 0.206 e. The molecule has 0 saturated carbocycles. The van der Waals surface area contributed by atoms with E-state index in [9.17, 15) is 0 Å². The van der Waals surface area contributed by atoms with Crippen molar-refractivity contribution in [1.82, 2.24) is 15.4 Å². The predicted octanol–water partition coefficient (Wildman–Crippen LogP) is 3.78. The first-order valence-corrected chi connectivity index (χ1v) is 8.76. The molecule has 2 heterocycles. The second-order valence-electron chi connectivity index (χ2n) is 4.76. The average Bonchev–Trinajstić information content (AvgIpc) is 3.15. The van der Waals surface area contributed by atoms with Gasteiger partial charge in [0.1, 0.15) is 5.76 Å². The predicted molar refractivity (Wildman–Crippen MR) is 89.3 cm³/mol. The van der Waals surface area contributed by atoms with Crippen molar-refractivity contribution in [3.8, 4) is 0 Å². The van der Waals surface area contributed by atoms with Gasteiger partial charge >= 0.3 is 0 Å². The van der Waals surface area contributed by atoms with Crippen molar-refractivity contribution < 1.29 is 4.52 Å². The number of aryl methyl sites for hydroxylation is 1. The zero-order chi connectivity index (χ0) is 15.2. The van der Waals surface area contributed by atoms with Gasteiger partial charge in [-0.05, 0) is 18.9 Å². The zero-order valence-corrected chi connectivity index (χ0v) is 13.8. The summed E-state index contributed by atoms with van der Waals surface area (Å²) in [6.45, 7) is 2.77. The Morgan fingerprint density at radius 1 is 1.23 bits per heavy atom. The normalized spacial score (nSPS) is 10.8. The van der Waals surface area contributed by atoms with Gasteiger partial charge in [0, 0.05) is 12.6 Å². The number of nitrogens with zero attached hydrogens (tertiary/aromatic N) is 3. The maximum absolute atomic E-state index is 5.18. The van der Waals surface area contributed by atoms with Crippen LogP contribution in [-0.2, 0) is 12.2 Å². The standard InChI is InChI=1S/C15H16N4OS2/c1-11-9-13(20-19-11)10-21-15-18-17-14(22-15)16-8-7-12-5-3-2-4-6-12/h2-6,9H,7-8,10H2,1H3,(H,16,17). The molecule has 0 bridgehead atoms. The largest absolute Gasteiger partial charge is 0.360 e. The van der Waals surface area contributed by atoms with Gasteiger partial charge in [-0.1, -0.05) is 58.6 Å². The molecule has 1 aromatic carbocycles. The number of thioether (sulfide) groups is 1. The Bertz CT molecular complexity index is 711. The number of hydrogen-bond acceptors (Lipinski definition) is 7. The summed E-state index contributed by atoms with van der Waals surface area (Å²) >= 11 is 3.17. The first-order chi connectivity index (χ1) is 10.8. The van der Waals surface area contributed by atoms with E-state index in [1.807, 2.05) is 19.1 Å². The van der Waals surface area contributed by atoms with Crippen LogP contribution in [0.15, 0.2) is 45.3 Å². The van der Waals surface area contributed by atoms with Gasteiger partial charge in [-0.15, -0.1) is 10.2 Å². The van der Waals surface area contributed by atoms with E-state index in [1.165, 1.54) is 5.56 Å². The van der Waals surface area contributed by atoms with Crippen molar-refractivity contribution >= 4 is 28.2 Å². The summed E-state index contributed by atoms with van der Waals surface area (Å²) in [6, 6.07) is 12.3. The molecule has 0 unspecified atom stereocenters. The van der Waals surface area contributed by atoms with Crippen LogP contribution in [0.3, 0.4) is 0 Å². The number of rotatable bonds is 7. The molecule has 0 fully saturated rings. The highest BCUT2D eigenvalue weighted by molar-refractivity contribution is 8.00. The Labute approximate surface area is 137 Å². The molecule has 0 aliphatic carbocycles. The molecule has 1 N–H and O–H groups in total. The summed E-state index contributed by atoms with van der Waals surface area (Å²) < 4.78 is 6.10. The molecule has 3 aromatic rings. The Kier molecular flexibility index (Phi) is 5.07. The number of aromatic nitrogens is 3. The molecule has 0 amide bonds. The molecule has 114 valence electrons.